The maximum atomic E-state index is 12.3. The number of hydrogen-bond donors (Lipinski definition) is 1. The molecule has 0 atom stereocenters. The largest absolute Gasteiger partial charge is 0.322 e. The molecule has 0 saturated carbocycles. The average Bonchev–Trinajstić information content (AvgIpc) is 2.35. The van der Waals surface area contributed by atoms with Crippen molar-refractivity contribution in [3.05, 3.63) is 60.0 Å². The van der Waals surface area contributed by atoms with Gasteiger partial charge in [0.15, 0.2) is 0 Å². The summed E-state index contributed by atoms with van der Waals surface area (Å²) in [7, 11) is 0. The summed E-state index contributed by atoms with van der Waals surface area (Å²) in [4.78, 5) is 12.3. The van der Waals surface area contributed by atoms with E-state index in [9.17, 15) is 4.79 Å². The molecule has 0 bridgehead atoms. The molecule has 0 aliphatic rings. The van der Waals surface area contributed by atoms with Crippen LogP contribution in [0.15, 0.2) is 45.3 Å². The van der Waals surface area contributed by atoms with E-state index in [0.717, 1.165) is 23.8 Å². The molecule has 0 aliphatic heterocycles. The van der Waals surface area contributed by atoms with E-state index in [2.05, 4.69) is 59.8 Å². The Hall–Kier alpha value is -0.400. The van der Waals surface area contributed by atoms with Crippen LogP contribution in [0, 0.1) is 10.5 Å². The van der Waals surface area contributed by atoms with Crippen molar-refractivity contribution in [3.63, 3.8) is 0 Å². The lowest BCUT2D eigenvalue weighted by Crippen LogP contribution is -2.13. The first-order valence-corrected chi connectivity index (χ1v) is 8.16. The van der Waals surface area contributed by atoms with Crippen LogP contribution in [0.1, 0.15) is 15.9 Å². The number of benzene rings is 2. The number of carbonyl (C=O) groups excluding carboxylic acids is 1. The standard InChI is InChI=1S/C14H10Br2INO/c1-8-6-9(15)2-5-13(8)18-14(19)11-7-10(17)3-4-12(11)16/h2-7H,1H3,(H,18,19). The first kappa shape index (κ1) is 15.0. The number of nitrogens with one attached hydrogen (secondary N) is 1. The number of halogens is 3. The highest BCUT2D eigenvalue weighted by Crippen LogP contribution is 2.23. The molecule has 98 valence electrons. The molecule has 2 rings (SSSR count). The highest BCUT2D eigenvalue weighted by atomic mass is 127. The van der Waals surface area contributed by atoms with Crippen LogP contribution in [0.2, 0.25) is 0 Å². The lowest BCUT2D eigenvalue weighted by Gasteiger charge is -2.10. The van der Waals surface area contributed by atoms with Crippen LogP contribution in [0.25, 0.3) is 0 Å². The van der Waals surface area contributed by atoms with Gasteiger partial charge in [-0.05, 0) is 87.4 Å². The molecule has 1 amide bonds. The molecular weight excluding hydrogens is 485 g/mol. The van der Waals surface area contributed by atoms with Gasteiger partial charge in [0.2, 0.25) is 0 Å². The van der Waals surface area contributed by atoms with Crippen LogP contribution < -0.4 is 5.32 Å². The van der Waals surface area contributed by atoms with E-state index in [1.165, 1.54) is 0 Å². The smallest absolute Gasteiger partial charge is 0.256 e. The molecule has 0 radical (unpaired) electrons. The Morgan fingerprint density at radius 1 is 1.16 bits per heavy atom. The number of hydrogen-bond acceptors (Lipinski definition) is 1. The topological polar surface area (TPSA) is 29.1 Å². The third-order valence-electron chi connectivity index (χ3n) is 2.61. The first-order valence-electron chi connectivity index (χ1n) is 5.50. The van der Waals surface area contributed by atoms with Crippen LogP contribution in [-0.2, 0) is 0 Å². The summed E-state index contributed by atoms with van der Waals surface area (Å²) in [5.74, 6) is -0.115. The molecule has 0 saturated heterocycles. The fourth-order valence-electron chi connectivity index (χ4n) is 1.63. The van der Waals surface area contributed by atoms with E-state index in [0.29, 0.717) is 5.56 Å². The zero-order chi connectivity index (χ0) is 14.0. The van der Waals surface area contributed by atoms with Crippen molar-refractivity contribution >= 4 is 66.0 Å². The summed E-state index contributed by atoms with van der Waals surface area (Å²) in [5.41, 5.74) is 2.47. The van der Waals surface area contributed by atoms with Crippen molar-refractivity contribution in [2.24, 2.45) is 0 Å². The van der Waals surface area contributed by atoms with Gasteiger partial charge in [0.1, 0.15) is 0 Å². The van der Waals surface area contributed by atoms with E-state index in [4.69, 9.17) is 0 Å². The highest BCUT2D eigenvalue weighted by Gasteiger charge is 2.11. The van der Waals surface area contributed by atoms with E-state index >= 15 is 0 Å². The van der Waals surface area contributed by atoms with Gasteiger partial charge in [-0.15, -0.1) is 0 Å². The second-order valence-electron chi connectivity index (χ2n) is 4.04. The van der Waals surface area contributed by atoms with Crippen molar-refractivity contribution in [1.29, 1.82) is 0 Å². The molecule has 0 spiro atoms. The molecule has 2 nitrogen and oxygen atoms in total. The zero-order valence-corrected chi connectivity index (χ0v) is 15.3. The number of rotatable bonds is 2. The maximum Gasteiger partial charge on any atom is 0.256 e. The van der Waals surface area contributed by atoms with Crippen molar-refractivity contribution in [3.8, 4) is 0 Å². The van der Waals surface area contributed by atoms with Crippen molar-refractivity contribution in [1.82, 2.24) is 0 Å². The van der Waals surface area contributed by atoms with Crippen LogP contribution in [0.4, 0.5) is 5.69 Å². The SMILES string of the molecule is Cc1cc(Br)ccc1NC(=O)c1cc(I)ccc1Br. The molecule has 0 fully saturated rings. The minimum absolute atomic E-state index is 0.115. The average molecular weight is 495 g/mol. The predicted molar refractivity (Wildman–Crippen MR) is 93.7 cm³/mol. The fourth-order valence-corrected chi connectivity index (χ4v) is 3.02. The Morgan fingerprint density at radius 3 is 2.58 bits per heavy atom. The Kier molecular flexibility index (Phi) is 5.03. The highest BCUT2D eigenvalue weighted by molar-refractivity contribution is 14.1. The van der Waals surface area contributed by atoms with E-state index in [1.54, 1.807) is 0 Å². The summed E-state index contributed by atoms with van der Waals surface area (Å²) in [6.45, 7) is 1.96. The van der Waals surface area contributed by atoms with Gasteiger partial charge in [-0.2, -0.15) is 0 Å². The summed E-state index contributed by atoms with van der Waals surface area (Å²) in [6.07, 6.45) is 0. The predicted octanol–water partition coefficient (Wildman–Crippen LogP) is 5.38. The minimum Gasteiger partial charge on any atom is -0.322 e. The third kappa shape index (κ3) is 3.79. The van der Waals surface area contributed by atoms with E-state index in [-0.39, 0.29) is 5.91 Å². The van der Waals surface area contributed by atoms with Gasteiger partial charge >= 0.3 is 0 Å². The van der Waals surface area contributed by atoms with Crippen LogP contribution in [0.5, 0.6) is 0 Å². The Labute approximate surface area is 142 Å². The van der Waals surface area contributed by atoms with E-state index < -0.39 is 0 Å². The Morgan fingerprint density at radius 2 is 1.89 bits per heavy atom. The number of carbonyl (C=O) groups is 1. The van der Waals surface area contributed by atoms with Gasteiger partial charge in [-0.25, -0.2) is 0 Å². The summed E-state index contributed by atoms with van der Waals surface area (Å²) < 4.78 is 2.82. The Balaban J connectivity index is 2.28. The molecule has 19 heavy (non-hydrogen) atoms. The Bertz CT molecular complexity index is 643. The van der Waals surface area contributed by atoms with Crippen molar-refractivity contribution in [2.45, 2.75) is 6.92 Å². The monoisotopic (exact) mass is 493 g/mol. The molecule has 1 N–H and O–H groups in total. The number of amides is 1. The van der Waals surface area contributed by atoms with E-state index in [1.807, 2.05) is 43.3 Å². The van der Waals surface area contributed by atoms with Crippen molar-refractivity contribution < 1.29 is 4.79 Å². The van der Waals surface area contributed by atoms with Gasteiger partial charge in [0.05, 0.1) is 5.56 Å². The third-order valence-corrected chi connectivity index (χ3v) is 4.47. The van der Waals surface area contributed by atoms with Crippen LogP contribution in [0.3, 0.4) is 0 Å². The maximum absolute atomic E-state index is 12.3. The molecule has 2 aromatic carbocycles. The van der Waals surface area contributed by atoms with Gasteiger partial charge in [0, 0.05) is 18.2 Å². The number of aryl methyl sites for hydroxylation is 1. The molecule has 0 unspecified atom stereocenters. The summed E-state index contributed by atoms with van der Waals surface area (Å²) >= 11 is 9.00. The second-order valence-corrected chi connectivity index (χ2v) is 7.05. The molecule has 0 heterocycles. The minimum atomic E-state index is -0.115. The van der Waals surface area contributed by atoms with Crippen molar-refractivity contribution in [2.75, 3.05) is 5.32 Å². The lowest BCUT2D eigenvalue weighted by molar-refractivity contribution is 0.102. The lowest BCUT2D eigenvalue weighted by atomic mass is 10.1. The molecule has 0 aromatic heterocycles. The zero-order valence-electron chi connectivity index (χ0n) is 10.0. The van der Waals surface area contributed by atoms with Gasteiger partial charge in [0.25, 0.3) is 5.91 Å². The normalized spacial score (nSPS) is 10.3. The summed E-state index contributed by atoms with van der Waals surface area (Å²) in [5, 5.41) is 2.93. The fraction of sp³-hybridized carbons (Fsp3) is 0.0714. The quantitative estimate of drug-likeness (QED) is 0.558. The van der Waals surface area contributed by atoms with Gasteiger partial charge in [-0.1, -0.05) is 15.9 Å². The van der Waals surface area contributed by atoms with Crippen LogP contribution in [-0.4, -0.2) is 5.91 Å². The molecule has 0 aliphatic carbocycles. The van der Waals surface area contributed by atoms with Crippen LogP contribution >= 0.6 is 54.5 Å². The number of anilines is 1. The van der Waals surface area contributed by atoms with Gasteiger partial charge in [-0.3, -0.25) is 4.79 Å². The molecule has 5 heteroatoms. The second kappa shape index (κ2) is 6.37. The summed E-state index contributed by atoms with van der Waals surface area (Å²) in [6, 6.07) is 11.5. The molecular formula is C14H10Br2INO. The molecule has 2 aromatic rings. The van der Waals surface area contributed by atoms with Gasteiger partial charge < -0.3 is 5.32 Å². The first-order chi connectivity index (χ1) is 8.97.